The van der Waals surface area contributed by atoms with Gasteiger partial charge >= 0.3 is 5.69 Å². The molecule has 1 aromatic heterocycles. The molecule has 7 heteroatoms. The Balaban J connectivity index is 3.34. The molecule has 0 fully saturated rings. The van der Waals surface area contributed by atoms with Gasteiger partial charge in [-0.1, -0.05) is 0 Å². The third kappa shape index (κ3) is 2.53. The summed E-state index contributed by atoms with van der Waals surface area (Å²) in [6, 6.07) is 1.30. The predicted octanol–water partition coefficient (Wildman–Crippen LogP) is -0.593. The second-order valence-corrected chi connectivity index (χ2v) is 3.78. The van der Waals surface area contributed by atoms with Crippen LogP contribution >= 0.6 is 9.39 Å². The molecule has 15 heavy (non-hydrogen) atoms. The summed E-state index contributed by atoms with van der Waals surface area (Å²) in [6.45, 7) is 0. The molecule has 0 bridgehead atoms. The van der Waals surface area contributed by atoms with Gasteiger partial charge in [0.25, 0.3) is 5.56 Å². The Bertz CT molecular complexity index is 500. The van der Waals surface area contributed by atoms with E-state index in [9.17, 15) is 9.59 Å². The molecule has 0 N–H and O–H groups in total. The van der Waals surface area contributed by atoms with Crippen LogP contribution in [0.25, 0.3) is 0 Å². The van der Waals surface area contributed by atoms with Gasteiger partial charge < -0.3 is 4.90 Å². The fourth-order valence-electron chi connectivity index (χ4n) is 0.929. The van der Waals surface area contributed by atoms with E-state index < -0.39 is 11.2 Å². The maximum atomic E-state index is 11.5. The van der Waals surface area contributed by atoms with Gasteiger partial charge in [-0.15, -0.1) is 0 Å². The number of aliphatic imine (C=N–C) groups is 1. The highest BCUT2D eigenvalue weighted by atomic mass is 31.0. The summed E-state index contributed by atoms with van der Waals surface area (Å²) in [5.41, 5.74) is -0.813. The first-order valence-corrected chi connectivity index (χ1v) is 4.74. The maximum absolute atomic E-state index is 11.5. The number of rotatable bonds is 2. The fourth-order valence-corrected chi connectivity index (χ4v) is 1.18. The molecule has 0 aliphatic heterocycles. The van der Waals surface area contributed by atoms with Gasteiger partial charge in [-0.2, -0.15) is 0 Å². The topological polar surface area (TPSA) is 59.6 Å². The molecule has 0 amide bonds. The lowest BCUT2D eigenvalue weighted by Gasteiger charge is -2.06. The Kier molecular flexibility index (Phi) is 3.42. The number of nitrogens with zero attached hydrogens (tertiary/aromatic N) is 4. The highest BCUT2D eigenvalue weighted by Gasteiger charge is 2.03. The molecule has 1 heterocycles. The maximum Gasteiger partial charge on any atom is 0.335 e. The van der Waals surface area contributed by atoms with E-state index in [4.69, 9.17) is 0 Å². The third-order valence-corrected chi connectivity index (χ3v) is 2.22. The number of hydrogen-bond donors (Lipinski definition) is 0. The van der Waals surface area contributed by atoms with Crippen LogP contribution in [0, 0.1) is 0 Å². The van der Waals surface area contributed by atoms with Crippen molar-refractivity contribution in [2.75, 3.05) is 14.1 Å². The molecule has 1 unspecified atom stereocenters. The predicted molar refractivity (Wildman–Crippen MR) is 62.9 cm³/mol. The van der Waals surface area contributed by atoms with Crippen LogP contribution in [0.3, 0.4) is 0 Å². The van der Waals surface area contributed by atoms with Gasteiger partial charge in [-0.25, -0.2) is 14.1 Å². The first kappa shape index (κ1) is 11.7. The summed E-state index contributed by atoms with van der Waals surface area (Å²) < 4.78 is 2.25. The molecule has 0 aliphatic rings. The largest absolute Gasteiger partial charge is 0.369 e. The number of hydrogen-bond acceptors (Lipinski definition) is 3. The molecule has 0 aliphatic carbocycles. The summed E-state index contributed by atoms with van der Waals surface area (Å²) in [5, 5.41) is 0. The SMILES string of the molecule is CN(C)/C=N/c1cc(=O)n(P)c(=O)n1C. The Hall–Kier alpha value is -1.42. The third-order valence-electron chi connectivity index (χ3n) is 1.75. The smallest absolute Gasteiger partial charge is 0.335 e. The first-order valence-electron chi connectivity index (χ1n) is 4.22. The van der Waals surface area contributed by atoms with Crippen molar-refractivity contribution in [1.29, 1.82) is 0 Å². The lowest BCUT2D eigenvalue weighted by molar-refractivity contribution is 0.641. The van der Waals surface area contributed by atoms with Crippen molar-refractivity contribution in [3.8, 4) is 0 Å². The molecule has 0 saturated heterocycles. The van der Waals surface area contributed by atoms with E-state index in [1.54, 1.807) is 26.0 Å². The van der Waals surface area contributed by atoms with Crippen molar-refractivity contribution in [2.24, 2.45) is 12.0 Å². The van der Waals surface area contributed by atoms with E-state index in [0.29, 0.717) is 5.82 Å². The average molecular weight is 228 g/mol. The van der Waals surface area contributed by atoms with Gasteiger partial charge in [0.2, 0.25) is 0 Å². The molecule has 0 saturated carbocycles. The molecule has 0 spiro atoms. The normalized spacial score (nSPS) is 10.9. The molecule has 1 aromatic rings. The minimum Gasteiger partial charge on any atom is -0.369 e. The van der Waals surface area contributed by atoms with Crippen LogP contribution in [0.5, 0.6) is 0 Å². The van der Waals surface area contributed by atoms with E-state index >= 15 is 0 Å². The van der Waals surface area contributed by atoms with E-state index in [1.165, 1.54) is 17.0 Å². The zero-order valence-corrected chi connectivity index (χ0v) is 9.99. The van der Waals surface area contributed by atoms with Gasteiger partial charge in [-0.3, -0.25) is 9.36 Å². The van der Waals surface area contributed by atoms with Crippen LogP contribution in [0.2, 0.25) is 0 Å². The van der Waals surface area contributed by atoms with Crippen LogP contribution in [0.15, 0.2) is 20.6 Å². The highest BCUT2D eigenvalue weighted by molar-refractivity contribution is 7.14. The zero-order valence-electron chi connectivity index (χ0n) is 8.84. The molecular weight excluding hydrogens is 215 g/mol. The molecule has 82 valence electrons. The van der Waals surface area contributed by atoms with Crippen molar-refractivity contribution in [3.05, 3.63) is 26.9 Å². The minimum absolute atomic E-state index is 0.331. The van der Waals surface area contributed by atoms with E-state index in [0.717, 1.165) is 4.34 Å². The van der Waals surface area contributed by atoms with Crippen LogP contribution < -0.4 is 11.2 Å². The Morgan fingerprint density at radius 3 is 2.60 bits per heavy atom. The van der Waals surface area contributed by atoms with E-state index in [2.05, 4.69) is 14.4 Å². The summed E-state index contributed by atoms with van der Waals surface area (Å²) in [5.74, 6) is 0.331. The molecule has 0 radical (unpaired) electrons. The van der Waals surface area contributed by atoms with Crippen molar-refractivity contribution in [3.63, 3.8) is 0 Å². The molecule has 6 nitrogen and oxygen atoms in total. The van der Waals surface area contributed by atoms with Crippen molar-refractivity contribution < 1.29 is 0 Å². The van der Waals surface area contributed by atoms with Crippen LogP contribution in [-0.4, -0.2) is 34.2 Å². The number of aromatic nitrogens is 2. The minimum atomic E-state index is -0.418. The van der Waals surface area contributed by atoms with Crippen molar-refractivity contribution >= 4 is 21.5 Å². The van der Waals surface area contributed by atoms with E-state index in [1.807, 2.05) is 0 Å². The summed E-state index contributed by atoms with van der Waals surface area (Å²) >= 11 is 0. The van der Waals surface area contributed by atoms with Gasteiger partial charge in [0.15, 0.2) is 0 Å². The summed E-state index contributed by atoms with van der Waals surface area (Å²) in [7, 11) is 7.23. The Morgan fingerprint density at radius 1 is 1.47 bits per heavy atom. The van der Waals surface area contributed by atoms with Gasteiger partial charge in [-0.05, 0) is 9.39 Å². The standard InChI is InChI=1S/C8H13N4O2P/c1-10(2)5-9-6-4-7(13)12(15)8(14)11(6)3/h4-5H,15H2,1-3H3/b9-5+. The quantitative estimate of drug-likeness (QED) is 0.386. The summed E-state index contributed by atoms with van der Waals surface area (Å²) in [4.78, 5) is 28.5. The molecular formula is C8H13N4O2P. The Morgan fingerprint density at radius 2 is 2.07 bits per heavy atom. The first-order chi connectivity index (χ1) is 6.93. The lowest BCUT2D eigenvalue weighted by Crippen LogP contribution is -2.32. The zero-order chi connectivity index (χ0) is 11.6. The average Bonchev–Trinajstić information content (AvgIpc) is 2.18. The monoisotopic (exact) mass is 228 g/mol. The molecule has 1 atom stereocenters. The van der Waals surface area contributed by atoms with Gasteiger partial charge in [0.05, 0.1) is 6.34 Å². The van der Waals surface area contributed by atoms with Crippen LogP contribution in [0.1, 0.15) is 0 Å². The summed E-state index contributed by atoms with van der Waals surface area (Å²) in [6.07, 6.45) is 1.53. The Labute approximate surface area is 89.1 Å². The van der Waals surface area contributed by atoms with Crippen molar-refractivity contribution in [1.82, 2.24) is 13.8 Å². The van der Waals surface area contributed by atoms with Crippen molar-refractivity contribution in [2.45, 2.75) is 0 Å². The molecule has 0 aromatic carbocycles. The van der Waals surface area contributed by atoms with E-state index in [-0.39, 0.29) is 0 Å². The fraction of sp³-hybridized carbons (Fsp3) is 0.375. The van der Waals surface area contributed by atoms with Gasteiger partial charge in [0.1, 0.15) is 5.82 Å². The second kappa shape index (κ2) is 4.40. The highest BCUT2D eigenvalue weighted by Crippen LogP contribution is 2.03. The lowest BCUT2D eigenvalue weighted by atomic mass is 10.5. The van der Waals surface area contributed by atoms with Gasteiger partial charge in [0, 0.05) is 27.2 Å². The molecule has 1 rings (SSSR count). The van der Waals surface area contributed by atoms with Crippen LogP contribution in [0.4, 0.5) is 5.82 Å². The second-order valence-electron chi connectivity index (χ2n) is 3.26. The van der Waals surface area contributed by atoms with Crippen LogP contribution in [-0.2, 0) is 7.05 Å².